The van der Waals surface area contributed by atoms with Gasteiger partial charge < -0.3 is 15.4 Å². The predicted octanol–water partition coefficient (Wildman–Crippen LogP) is 0.921. The topological polar surface area (TPSA) is 56.3 Å². The van der Waals surface area contributed by atoms with Gasteiger partial charge >= 0.3 is 0 Å². The van der Waals surface area contributed by atoms with Crippen molar-refractivity contribution in [2.75, 3.05) is 26.7 Å². The molecule has 0 bridgehead atoms. The first-order valence-corrected chi connectivity index (χ1v) is 6.69. The van der Waals surface area contributed by atoms with Crippen LogP contribution in [0.25, 0.3) is 0 Å². The zero-order valence-electron chi connectivity index (χ0n) is 11.4. The number of nitrogens with two attached hydrogens (primary N) is 1. The molecule has 0 radical (unpaired) electrons. The Hall–Kier alpha value is -0.910. The molecular weight excluding hydrogens is 228 g/mol. The summed E-state index contributed by atoms with van der Waals surface area (Å²) in [6, 6.07) is 0.0206. The molecule has 0 amide bonds. The molecule has 102 valence electrons. The maximum atomic E-state index is 6.18. The second-order valence-corrected chi connectivity index (χ2v) is 5.26. The minimum Gasteiger partial charge on any atom is -0.377 e. The predicted molar refractivity (Wildman–Crippen MR) is 71.2 cm³/mol. The smallest absolute Gasteiger partial charge is 0.0701 e. The first-order valence-electron chi connectivity index (χ1n) is 6.69. The van der Waals surface area contributed by atoms with Gasteiger partial charge in [-0.25, -0.2) is 0 Å². The van der Waals surface area contributed by atoms with Gasteiger partial charge in [-0.2, -0.15) is 5.10 Å². The summed E-state index contributed by atoms with van der Waals surface area (Å²) in [5.41, 5.74) is 7.27. The van der Waals surface area contributed by atoms with Crippen molar-refractivity contribution in [2.45, 2.75) is 31.4 Å². The van der Waals surface area contributed by atoms with Gasteiger partial charge in [0, 0.05) is 44.5 Å². The van der Waals surface area contributed by atoms with Crippen molar-refractivity contribution in [3.8, 4) is 0 Å². The highest BCUT2D eigenvalue weighted by Gasteiger charge is 2.18. The molecule has 5 heteroatoms. The molecule has 2 heterocycles. The van der Waals surface area contributed by atoms with Crippen LogP contribution in [-0.4, -0.2) is 47.5 Å². The molecule has 0 aliphatic carbocycles. The van der Waals surface area contributed by atoms with Crippen molar-refractivity contribution < 1.29 is 4.74 Å². The van der Waals surface area contributed by atoms with Crippen LogP contribution in [0, 0.1) is 0 Å². The number of nitrogens with zero attached hydrogens (tertiary/aromatic N) is 3. The molecule has 18 heavy (non-hydrogen) atoms. The lowest BCUT2D eigenvalue weighted by Gasteiger charge is -2.28. The van der Waals surface area contributed by atoms with Gasteiger partial charge in [0.15, 0.2) is 0 Å². The average molecular weight is 252 g/mol. The van der Waals surface area contributed by atoms with Gasteiger partial charge in [0.25, 0.3) is 0 Å². The molecule has 2 N–H and O–H groups in total. The summed E-state index contributed by atoms with van der Waals surface area (Å²) in [5.74, 6) is 0. The van der Waals surface area contributed by atoms with E-state index in [1.54, 1.807) is 4.68 Å². The summed E-state index contributed by atoms with van der Waals surface area (Å²) in [5, 5.41) is 4.15. The Kier molecular flexibility index (Phi) is 4.74. The Morgan fingerprint density at radius 3 is 3.06 bits per heavy atom. The van der Waals surface area contributed by atoms with Crippen molar-refractivity contribution in [3.05, 3.63) is 18.0 Å². The third-order valence-electron chi connectivity index (χ3n) is 3.45. The third-order valence-corrected chi connectivity index (χ3v) is 3.45. The molecule has 2 rings (SSSR count). The second kappa shape index (κ2) is 6.31. The van der Waals surface area contributed by atoms with Gasteiger partial charge in [-0.15, -0.1) is 0 Å². The number of hydrogen-bond donors (Lipinski definition) is 1. The van der Waals surface area contributed by atoms with Crippen LogP contribution < -0.4 is 5.73 Å². The van der Waals surface area contributed by atoms with E-state index >= 15 is 0 Å². The summed E-state index contributed by atoms with van der Waals surface area (Å²) in [6.07, 6.45) is 7.87. The van der Waals surface area contributed by atoms with E-state index in [0.29, 0.717) is 6.10 Å². The number of likely N-dealkylation sites (N-methyl/N-ethyl adjacent to an activating group) is 1. The van der Waals surface area contributed by atoms with Crippen LogP contribution in [0.1, 0.15) is 30.9 Å². The number of ether oxygens (including phenoxy) is 1. The van der Waals surface area contributed by atoms with Crippen molar-refractivity contribution in [2.24, 2.45) is 12.8 Å². The van der Waals surface area contributed by atoms with E-state index in [1.165, 1.54) is 19.3 Å². The molecule has 1 saturated heterocycles. The van der Waals surface area contributed by atoms with Gasteiger partial charge in [-0.05, 0) is 26.3 Å². The minimum absolute atomic E-state index is 0.0206. The summed E-state index contributed by atoms with van der Waals surface area (Å²) in [4.78, 5) is 2.26. The van der Waals surface area contributed by atoms with Crippen LogP contribution in [0.5, 0.6) is 0 Å². The second-order valence-electron chi connectivity index (χ2n) is 5.26. The van der Waals surface area contributed by atoms with Crippen LogP contribution in [0.15, 0.2) is 12.4 Å². The molecular formula is C13H24N4O. The molecule has 1 fully saturated rings. The Balaban J connectivity index is 1.77. The number of aromatic nitrogens is 2. The van der Waals surface area contributed by atoms with Gasteiger partial charge in [0.2, 0.25) is 0 Å². The molecule has 5 nitrogen and oxygen atoms in total. The van der Waals surface area contributed by atoms with E-state index in [0.717, 1.165) is 25.3 Å². The van der Waals surface area contributed by atoms with E-state index in [2.05, 4.69) is 17.0 Å². The van der Waals surface area contributed by atoms with Gasteiger partial charge in [-0.3, -0.25) is 4.68 Å². The van der Waals surface area contributed by atoms with E-state index in [9.17, 15) is 0 Å². The van der Waals surface area contributed by atoms with Crippen molar-refractivity contribution >= 4 is 0 Å². The summed E-state index contributed by atoms with van der Waals surface area (Å²) >= 11 is 0. The Morgan fingerprint density at radius 1 is 1.61 bits per heavy atom. The lowest BCUT2D eigenvalue weighted by Crippen LogP contribution is -2.37. The first kappa shape index (κ1) is 13.5. The largest absolute Gasteiger partial charge is 0.377 e. The monoisotopic (exact) mass is 252 g/mol. The van der Waals surface area contributed by atoms with Crippen LogP contribution in [0.3, 0.4) is 0 Å². The molecule has 1 aromatic rings. The highest BCUT2D eigenvalue weighted by Crippen LogP contribution is 2.15. The third kappa shape index (κ3) is 3.80. The molecule has 0 saturated carbocycles. The highest BCUT2D eigenvalue weighted by atomic mass is 16.5. The quantitative estimate of drug-likeness (QED) is 0.846. The molecule has 1 aliphatic rings. The van der Waals surface area contributed by atoms with Crippen LogP contribution >= 0.6 is 0 Å². The first-order chi connectivity index (χ1) is 8.65. The lowest BCUT2D eigenvalue weighted by molar-refractivity contribution is -0.00214. The maximum Gasteiger partial charge on any atom is 0.0701 e. The number of aryl methyl sites for hydroxylation is 1. The standard InChI is InChI=1S/C13H24N4O/c1-16(9-12-5-3-4-6-18-12)10-13(14)11-7-15-17(2)8-11/h7-8,12-13H,3-6,9-10,14H2,1-2H3. The fraction of sp³-hybridized carbons (Fsp3) is 0.769. The van der Waals surface area contributed by atoms with Crippen molar-refractivity contribution in [1.29, 1.82) is 0 Å². The zero-order valence-corrected chi connectivity index (χ0v) is 11.4. The molecule has 0 spiro atoms. The van der Waals surface area contributed by atoms with E-state index in [4.69, 9.17) is 10.5 Å². The normalized spacial score (nSPS) is 22.3. The maximum absolute atomic E-state index is 6.18. The molecule has 0 aromatic carbocycles. The van der Waals surface area contributed by atoms with E-state index < -0.39 is 0 Å². The molecule has 2 atom stereocenters. The van der Waals surface area contributed by atoms with E-state index in [1.807, 2.05) is 19.4 Å². The molecule has 1 aromatic heterocycles. The van der Waals surface area contributed by atoms with Crippen LogP contribution in [0.4, 0.5) is 0 Å². The SMILES string of the molecule is CN(CC1CCCCO1)CC(N)c1cnn(C)c1. The zero-order chi connectivity index (χ0) is 13.0. The van der Waals surface area contributed by atoms with E-state index in [-0.39, 0.29) is 6.04 Å². The Morgan fingerprint density at radius 2 is 2.44 bits per heavy atom. The Bertz CT molecular complexity index is 360. The lowest BCUT2D eigenvalue weighted by atomic mass is 10.1. The highest BCUT2D eigenvalue weighted by molar-refractivity contribution is 5.09. The molecule has 2 unspecified atom stereocenters. The van der Waals surface area contributed by atoms with Crippen molar-refractivity contribution in [3.63, 3.8) is 0 Å². The van der Waals surface area contributed by atoms with Gasteiger partial charge in [-0.1, -0.05) is 0 Å². The fourth-order valence-corrected chi connectivity index (χ4v) is 2.45. The summed E-state index contributed by atoms with van der Waals surface area (Å²) in [7, 11) is 4.02. The average Bonchev–Trinajstić information content (AvgIpc) is 2.77. The summed E-state index contributed by atoms with van der Waals surface area (Å²) < 4.78 is 7.53. The number of hydrogen-bond acceptors (Lipinski definition) is 4. The van der Waals surface area contributed by atoms with Crippen molar-refractivity contribution in [1.82, 2.24) is 14.7 Å². The van der Waals surface area contributed by atoms with Crippen LogP contribution in [0.2, 0.25) is 0 Å². The molecule has 1 aliphatic heterocycles. The van der Waals surface area contributed by atoms with Gasteiger partial charge in [0.05, 0.1) is 12.3 Å². The minimum atomic E-state index is 0.0206. The Labute approximate surface area is 109 Å². The van der Waals surface area contributed by atoms with Crippen LogP contribution in [-0.2, 0) is 11.8 Å². The van der Waals surface area contributed by atoms with Gasteiger partial charge in [0.1, 0.15) is 0 Å². The number of rotatable bonds is 5. The fourth-order valence-electron chi connectivity index (χ4n) is 2.45. The summed E-state index contributed by atoms with van der Waals surface area (Å²) in [6.45, 7) is 2.71.